The Hall–Kier alpha value is -3.05. The average Bonchev–Trinajstić information content (AvgIpc) is 2.68. The molecule has 3 aromatic rings. The molecule has 0 radical (unpaired) electrons. The van der Waals surface area contributed by atoms with Gasteiger partial charge in [0.05, 0.1) is 11.3 Å². The Morgan fingerprint density at radius 2 is 1.63 bits per heavy atom. The highest BCUT2D eigenvalue weighted by molar-refractivity contribution is 9.10. The fourth-order valence-electron chi connectivity index (χ4n) is 2.33. The number of benzene rings is 3. The Labute approximate surface area is 165 Å². The number of hydrogen-bond donors (Lipinski definition) is 0. The van der Waals surface area contributed by atoms with Crippen LogP contribution >= 0.6 is 15.9 Å². The van der Waals surface area contributed by atoms with E-state index >= 15 is 0 Å². The van der Waals surface area contributed by atoms with Crippen LogP contribution in [0.1, 0.15) is 33.2 Å². The van der Waals surface area contributed by atoms with Crippen molar-refractivity contribution in [2.24, 2.45) is 4.99 Å². The Morgan fingerprint density at radius 1 is 0.926 bits per heavy atom. The van der Waals surface area contributed by atoms with Gasteiger partial charge in [0.15, 0.2) is 5.78 Å². The lowest BCUT2D eigenvalue weighted by atomic mass is 10.1. The second-order valence-corrected chi connectivity index (χ2v) is 6.75. The van der Waals surface area contributed by atoms with Crippen molar-refractivity contribution < 1.29 is 14.3 Å². The molecule has 0 aliphatic carbocycles. The van der Waals surface area contributed by atoms with E-state index < -0.39 is 5.97 Å². The highest BCUT2D eigenvalue weighted by atomic mass is 79.9. The molecule has 134 valence electrons. The summed E-state index contributed by atoms with van der Waals surface area (Å²) in [5.41, 5.74) is 2.76. The van der Waals surface area contributed by atoms with Crippen LogP contribution in [0, 0.1) is 0 Å². The maximum absolute atomic E-state index is 12.1. The summed E-state index contributed by atoms with van der Waals surface area (Å²) >= 11 is 3.33. The lowest BCUT2D eigenvalue weighted by Gasteiger charge is -2.05. The maximum atomic E-state index is 12.1. The molecule has 0 bridgehead atoms. The molecule has 0 amide bonds. The molecular formula is C22H16BrNO3. The molecule has 0 heterocycles. The number of carbonyl (C=O) groups is 2. The van der Waals surface area contributed by atoms with Crippen molar-refractivity contribution in [2.45, 2.75) is 6.92 Å². The first-order valence-corrected chi connectivity index (χ1v) is 9.03. The van der Waals surface area contributed by atoms with Crippen LogP contribution in [0.2, 0.25) is 0 Å². The van der Waals surface area contributed by atoms with E-state index in [4.69, 9.17) is 4.74 Å². The van der Waals surface area contributed by atoms with Crippen molar-refractivity contribution in [3.63, 3.8) is 0 Å². The standard InChI is InChI=1S/C22H16BrNO3/c1-15(25)17-7-9-20(10-8-17)24-14-16-5-11-21(12-6-16)27-22(26)18-3-2-4-19(23)13-18/h2-14H,1H3. The third kappa shape index (κ3) is 5.21. The van der Waals surface area contributed by atoms with Crippen LogP contribution in [0.25, 0.3) is 0 Å². The fraction of sp³-hybridized carbons (Fsp3) is 0.0455. The van der Waals surface area contributed by atoms with Gasteiger partial charge in [-0.05, 0) is 79.2 Å². The van der Waals surface area contributed by atoms with Gasteiger partial charge in [-0.25, -0.2) is 4.79 Å². The molecule has 0 saturated heterocycles. The molecule has 0 spiro atoms. The second-order valence-electron chi connectivity index (χ2n) is 5.83. The molecule has 0 atom stereocenters. The van der Waals surface area contributed by atoms with Gasteiger partial charge in [0.1, 0.15) is 5.75 Å². The summed E-state index contributed by atoms with van der Waals surface area (Å²) in [7, 11) is 0. The van der Waals surface area contributed by atoms with Crippen LogP contribution in [0.4, 0.5) is 5.69 Å². The van der Waals surface area contributed by atoms with Crippen LogP contribution < -0.4 is 4.74 Å². The second kappa shape index (κ2) is 8.56. The summed E-state index contributed by atoms with van der Waals surface area (Å²) in [5.74, 6) is 0.0738. The molecule has 0 aliphatic rings. The quantitative estimate of drug-likeness (QED) is 0.232. The van der Waals surface area contributed by atoms with Gasteiger partial charge in [0.25, 0.3) is 0 Å². The molecule has 0 N–H and O–H groups in total. The number of nitrogens with zero attached hydrogens (tertiary/aromatic N) is 1. The van der Waals surface area contributed by atoms with Gasteiger partial charge >= 0.3 is 5.97 Å². The zero-order valence-electron chi connectivity index (χ0n) is 14.6. The van der Waals surface area contributed by atoms with Crippen molar-refractivity contribution in [1.82, 2.24) is 0 Å². The summed E-state index contributed by atoms with van der Waals surface area (Å²) < 4.78 is 6.19. The first-order chi connectivity index (χ1) is 13.0. The van der Waals surface area contributed by atoms with Crippen molar-refractivity contribution in [2.75, 3.05) is 0 Å². The van der Waals surface area contributed by atoms with Gasteiger partial charge in [-0.2, -0.15) is 0 Å². The zero-order chi connectivity index (χ0) is 19.2. The Balaban J connectivity index is 1.64. The number of esters is 1. The highest BCUT2D eigenvalue weighted by Gasteiger charge is 2.08. The largest absolute Gasteiger partial charge is 0.423 e. The van der Waals surface area contributed by atoms with E-state index in [1.165, 1.54) is 6.92 Å². The monoisotopic (exact) mass is 421 g/mol. The van der Waals surface area contributed by atoms with E-state index in [2.05, 4.69) is 20.9 Å². The first-order valence-electron chi connectivity index (χ1n) is 8.24. The van der Waals surface area contributed by atoms with Crippen LogP contribution in [0.15, 0.2) is 82.3 Å². The van der Waals surface area contributed by atoms with E-state index in [-0.39, 0.29) is 5.78 Å². The third-order valence-electron chi connectivity index (χ3n) is 3.79. The van der Waals surface area contributed by atoms with E-state index in [0.717, 1.165) is 15.7 Å². The molecule has 0 saturated carbocycles. The molecule has 4 nitrogen and oxygen atoms in total. The Kier molecular flexibility index (Phi) is 5.94. The molecule has 0 aromatic heterocycles. The van der Waals surface area contributed by atoms with E-state index in [9.17, 15) is 9.59 Å². The number of carbonyl (C=O) groups excluding carboxylic acids is 2. The smallest absolute Gasteiger partial charge is 0.343 e. The Bertz CT molecular complexity index is 993. The topological polar surface area (TPSA) is 55.7 Å². The lowest BCUT2D eigenvalue weighted by molar-refractivity contribution is 0.0734. The number of aliphatic imine (C=N–C) groups is 1. The van der Waals surface area contributed by atoms with E-state index in [1.54, 1.807) is 60.8 Å². The summed E-state index contributed by atoms with van der Waals surface area (Å²) in [6, 6.07) is 21.2. The molecule has 0 fully saturated rings. The van der Waals surface area contributed by atoms with Gasteiger partial charge in [-0.3, -0.25) is 9.79 Å². The van der Waals surface area contributed by atoms with Gasteiger partial charge in [-0.1, -0.05) is 22.0 Å². The predicted octanol–water partition coefficient (Wildman–Crippen LogP) is 5.62. The molecule has 3 rings (SSSR count). The zero-order valence-corrected chi connectivity index (χ0v) is 16.1. The minimum absolute atomic E-state index is 0.0264. The average molecular weight is 422 g/mol. The molecule has 5 heteroatoms. The number of halogens is 1. The van der Waals surface area contributed by atoms with Crippen molar-refractivity contribution in [1.29, 1.82) is 0 Å². The number of hydrogen-bond acceptors (Lipinski definition) is 4. The molecule has 3 aromatic carbocycles. The predicted molar refractivity (Wildman–Crippen MR) is 109 cm³/mol. The Morgan fingerprint density at radius 3 is 2.26 bits per heavy atom. The van der Waals surface area contributed by atoms with E-state index in [0.29, 0.717) is 16.9 Å². The van der Waals surface area contributed by atoms with Crippen molar-refractivity contribution in [3.8, 4) is 5.75 Å². The van der Waals surface area contributed by atoms with E-state index in [1.807, 2.05) is 18.2 Å². The minimum atomic E-state index is -0.414. The van der Waals surface area contributed by atoms with Gasteiger partial charge in [0.2, 0.25) is 0 Å². The highest BCUT2D eigenvalue weighted by Crippen LogP contribution is 2.17. The minimum Gasteiger partial charge on any atom is -0.423 e. The summed E-state index contributed by atoms with van der Waals surface area (Å²) in [5, 5.41) is 0. The number of Topliss-reactive ketones (excluding diaryl/α,β-unsaturated/α-hetero) is 1. The molecular weight excluding hydrogens is 406 g/mol. The normalized spacial score (nSPS) is 10.7. The molecule has 0 aliphatic heterocycles. The number of rotatable bonds is 5. The van der Waals surface area contributed by atoms with Crippen LogP contribution in [0.5, 0.6) is 5.75 Å². The molecule has 27 heavy (non-hydrogen) atoms. The molecule has 0 unspecified atom stereocenters. The first kappa shape index (κ1) is 18.7. The summed E-state index contributed by atoms with van der Waals surface area (Å²) in [6.07, 6.45) is 1.71. The summed E-state index contributed by atoms with van der Waals surface area (Å²) in [6.45, 7) is 1.53. The van der Waals surface area contributed by atoms with Crippen LogP contribution in [0.3, 0.4) is 0 Å². The maximum Gasteiger partial charge on any atom is 0.343 e. The van der Waals surface area contributed by atoms with Gasteiger partial charge < -0.3 is 4.74 Å². The fourth-order valence-corrected chi connectivity index (χ4v) is 2.73. The SMILES string of the molecule is CC(=O)c1ccc(N=Cc2ccc(OC(=O)c3cccc(Br)c3)cc2)cc1. The lowest BCUT2D eigenvalue weighted by Crippen LogP contribution is -2.08. The van der Waals surface area contributed by atoms with Crippen LogP contribution in [-0.2, 0) is 0 Å². The third-order valence-corrected chi connectivity index (χ3v) is 4.28. The van der Waals surface area contributed by atoms with Crippen molar-refractivity contribution in [3.05, 3.63) is 94.0 Å². The number of ketones is 1. The van der Waals surface area contributed by atoms with Crippen LogP contribution in [-0.4, -0.2) is 18.0 Å². The summed E-state index contributed by atoms with van der Waals surface area (Å²) in [4.78, 5) is 27.8. The van der Waals surface area contributed by atoms with Gasteiger partial charge in [-0.15, -0.1) is 0 Å². The van der Waals surface area contributed by atoms with Crippen molar-refractivity contribution >= 4 is 39.6 Å². The van der Waals surface area contributed by atoms with Gasteiger partial charge in [0, 0.05) is 16.3 Å². The number of ether oxygens (including phenoxy) is 1.